The van der Waals surface area contributed by atoms with Gasteiger partial charge in [0.1, 0.15) is 5.60 Å². The summed E-state index contributed by atoms with van der Waals surface area (Å²) in [5, 5.41) is 7.02. The van der Waals surface area contributed by atoms with Crippen molar-refractivity contribution in [3.63, 3.8) is 0 Å². The molecule has 0 spiro atoms. The number of urea groups is 1. The Hall–Kier alpha value is -3.24. The SMILES string of the molecule is C[C@@H]1N(c2cnn3c2CN(C(=O)Nc2cc(F)c(F)c(F)c2)[C@H]2CCC[C@H]23)C(=O)OC1(C)C. The van der Waals surface area contributed by atoms with Gasteiger partial charge in [0.15, 0.2) is 17.5 Å². The Balaban J connectivity index is 1.47. The number of benzene rings is 1. The number of hydrogen-bond acceptors (Lipinski definition) is 4. The number of amides is 3. The van der Waals surface area contributed by atoms with Crippen LogP contribution in [-0.2, 0) is 11.3 Å². The quantitative estimate of drug-likeness (QED) is 0.662. The smallest absolute Gasteiger partial charge is 0.415 e. The Bertz CT molecular complexity index is 1130. The number of carbonyl (C=O) groups is 2. The lowest BCUT2D eigenvalue weighted by atomic mass is 10.00. The summed E-state index contributed by atoms with van der Waals surface area (Å²) in [7, 11) is 0. The van der Waals surface area contributed by atoms with Crippen LogP contribution in [0.25, 0.3) is 0 Å². The number of hydrogen-bond donors (Lipinski definition) is 1. The number of anilines is 2. The normalized spacial score (nSPS) is 25.6. The van der Waals surface area contributed by atoms with Crippen LogP contribution in [-0.4, -0.2) is 44.5 Å². The molecule has 1 N–H and O–H groups in total. The van der Waals surface area contributed by atoms with E-state index in [4.69, 9.17) is 4.74 Å². The second kappa shape index (κ2) is 7.39. The number of halogens is 3. The Labute approximate surface area is 188 Å². The molecule has 2 aliphatic heterocycles. The average molecular weight is 463 g/mol. The molecule has 11 heteroatoms. The van der Waals surface area contributed by atoms with Gasteiger partial charge in [-0.25, -0.2) is 22.8 Å². The topological polar surface area (TPSA) is 79.7 Å². The predicted octanol–water partition coefficient (Wildman–Crippen LogP) is 4.57. The molecular weight excluding hydrogens is 439 g/mol. The summed E-state index contributed by atoms with van der Waals surface area (Å²) in [4.78, 5) is 28.9. The van der Waals surface area contributed by atoms with E-state index >= 15 is 0 Å². The van der Waals surface area contributed by atoms with Gasteiger partial charge in [0, 0.05) is 17.8 Å². The third kappa shape index (κ3) is 3.32. The van der Waals surface area contributed by atoms with E-state index in [1.165, 1.54) is 0 Å². The van der Waals surface area contributed by atoms with Crippen molar-refractivity contribution in [3.8, 4) is 0 Å². The predicted molar refractivity (Wildman–Crippen MR) is 112 cm³/mol. The van der Waals surface area contributed by atoms with Gasteiger partial charge in [-0.15, -0.1) is 0 Å². The van der Waals surface area contributed by atoms with Crippen molar-refractivity contribution in [1.82, 2.24) is 14.7 Å². The van der Waals surface area contributed by atoms with Crippen molar-refractivity contribution in [3.05, 3.63) is 41.5 Å². The van der Waals surface area contributed by atoms with E-state index in [1.807, 2.05) is 25.5 Å². The summed E-state index contributed by atoms with van der Waals surface area (Å²) in [5.74, 6) is -4.36. The highest BCUT2D eigenvalue weighted by atomic mass is 19.2. The van der Waals surface area contributed by atoms with E-state index in [2.05, 4.69) is 10.4 Å². The number of cyclic esters (lactones) is 1. The molecule has 0 bridgehead atoms. The van der Waals surface area contributed by atoms with E-state index in [0.29, 0.717) is 11.4 Å². The van der Waals surface area contributed by atoms with Crippen molar-refractivity contribution >= 4 is 23.5 Å². The first kappa shape index (κ1) is 21.6. The van der Waals surface area contributed by atoms with E-state index in [0.717, 1.165) is 31.4 Å². The number of ether oxygens (including phenoxy) is 1. The molecule has 0 radical (unpaired) electrons. The second-order valence-corrected chi connectivity index (χ2v) is 9.32. The summed E-state index contributed by atoms with van der Waals surface area (Å²) in [6.45, 7) is 5.70. The lowest BCUT2D eigenvalue weighted by molar-refractivity contribution is 0.0718. The zero-order valence-electron chi connectivity index (χ0n) is 18.4. The molecule has 1 aliphatic carbocycles. The molecule has 1 aromatic heterocycles. The fraction of sp³-hybridized carbons (Fsp3) is 0.500. The van der Waals surface area contributed by atoms with Gasteiger partial charge in [-0.2, -0.15) is 5.10 Å². The van der Waals surface area contributed by atoms with Crippen molar-refractivity contribution in [2.24, 2.45) is 0 Å². The minimum absolute atomic E-state index is 0.0862. The van der Waals surface area contributed by atoms with Crippen LogP contribution in [0.1, 0.15) is 51.8 Å². The summed E-state index contributed by atoms with van der Waals surface area (Å²) < 4.78 is 47.9. The molecule has 1 saturated heterocycles. The van der Waals surface area contributed by atoms with Gasteiger partial charge in [0.2, 0.25) is 0 Å². The zero-order valence-corrected chi connectivity index (χ0v) is 18.4. The monoisotopic (exact) mass is 463 g/mol. The standard InChI is InChI=1S/C22H24F3N5O3/c1-11-22(2,3)33-21(32)29(11)17-9-26-30-16-6-4-5-15(16)28(10-18(17)30)20(31)27-12-7-13(23)19(25)14(24)8-12/h7-9,11,15-16H,4-6,10H2,1-3H3,(H,27,31)/t11-,15-,16+/m0/s1. The van der Waals surface area contributed by atoms with Crippen LogP contribution in [0.2, 0.25) is 0 Å². The van der Waals surface area contributed by atoms with Crippen LogP contribution >= 0.6 is 0 Å². The van der Waals surface area contributed by atoms with Gasteiger partial charge in [0.25, 0.3) is 0 Å². The first-order chi connectivity index (χ1) is 15.6. The fourth-order valence-electron chi connectivity index (χ4n) is 5.05. The van der Waals surface area contributed by atoms with Gasteiger partial charge in [-0.1, -0.05) is 0 Å². The highest BCUT2D eigenvalue weighted by Gasteiger charge is 2.49. The molecule has 3 heterocycles. The third-order valence-corrected chi connectivity index (χ3v) is 7.05. The maximum atomic E-state index is 13.6. The molecule has 2 aromatic rings. The molecule has 0 unspecified atom stereocenters. The molecule has 3 amide bonds. The Morgan fingerprint density at radius 1 is 1.18 bits per heavy atom. The van der Waals surface area contributed by atoms with Crippen molar-refractivity contribution in [2.45, 2.75) is 70.3 Å². The molecular formula is C22H24F3N5O3. The van der Waals surface area contributed by atoms with Crippen LogP contribution in [0.15, 0.2) is 18.3 Å². The van der Waals surface area contributed by atoms with Crippen LogP contribution in [0.5, 0.6) is 0 Å². The fourth-order valence-corrected chi connectivity index (χ4v) is 5.05. The van der Waals surface area contributed by atoms with Gasteiger partial charge in [-0.05, 0) is 40.0 Å². The van der Waals surface area contributed by atoms with E-state index < -0.39 is 35.2 Å². The second-order valence-electron chi connectivity index (χ2n) is 9.32. The van der Waals surface area contributed by atoms with Gasteiger partial charge < -0.3 is 15.0 Å². The molecule has 3 atom stereocenters. The van der Waals surface area contributed by atoms with Crippen LogP contribution in [0, 0.1) is 17.5 Å². The largest absolute Gasteiger partial charge is 0.441 e. The first-order valence-corrected chi connectivity index (χ1v) is 10.9. The minimum atomic E-state index is -1.59. The number of rotatable bonds is 2. The zero-order chi connectivity index (χ0) is 23.7. The van der Waals surface area contributed by atoms with E-state index in [-0.39, 0.29) is 30.4 Å². The third-order valence-electron chi connectivity index (χ3n) is 7.05. The van der Waals surface area contributed by atoms with E-state index in [1.54, 1.807) is 16.0 Å². The lowest BCUT2D eigenvalue weighted by Crippen LogP contribution is -2.49. The highest BCUT2D eigenvalue weighted by molar-refractivity contribution is 5.92. The summed E-state index contributed by atoms with van der Waals surface area (Å²) in [6, 6.07) is 0.412. The number of nitrogens with one attached hydrogen (secondary N) is 1. The first-order valence-electron chi connectivity index (χ1n) is 10.9. The summed E-state index contributed by atoms with van der Waals surface area (Å²) >= 11 is 0. The van der Waals surface area contributed by atoms with Gasteiger partial charge >= 0.3 is 12.1 Å². The molecule has 5 rings (SSSR count). The summed E-state index contributed by atoms with van der Waals surface area (Å²) in [6.07, 6.45) is 3.56. The number of fused-ring (bicyclic) bond motifs is 3. The lowest BCUT2D eigenvalue weighted by Gasteiger charge is -2.39. The van der Waals surface area contributed by atoms with Gasteiger partial charge in [-0.3, -0.25) is 9.58 Å². The molecule has 3 aliphatic rings. The average Bonchev–Trinajstić information content (AvgIpc) is 3.42. The molecule has 8 nitrogen and oxygen atoms in total. The number of nitrogens with zero attached hydrogens (tertiary/aromatic N) is 4. The molecule has 2 fully saturated rings. The van der Waals surface area contributed by atoms with Crippen molar-refractivity contribution in [1.29, 1.82) is 0 Å². The molecule has 1 saturated carbocycles. The maximum absolute atomic E-state index is 13.6. The van der Waals surface area contributed by atoms with Crippen LogP contribution < -0.4 is 10.2 Å². The van der Waals surface area contributed by atoms with Crippen molar-refractivity contribution in [2.75, 3.05) is 10.2 Å². The Morgan fingerprint density at radius 3 is 2.48 bits per heavy atom. The molecule has 33 heavy (non-hydrogen) atoms. The van der Waals surface area contributed by atoms with Crippen LogP contribution in [0.4, 0.5) is 34.1 Å². The highest BCUT2D eigenvalue weighted by Crippen LogP contribution is 2.43. The number of carbonyl (C=O) groups excluding carboxylic acids is 2. The summed E-state index contributed by atoms with van der Waals surface area (Å²) in [5.41, 5.74) is 0.389. The minimum Gasteiger partial charge on any atom is -0.441 e. The molecule has 176 valence electrons. The van der Waals surface area contributed by atoms with E-state index in [9.17, 15) is 22.8 Å². The molecule has 1 aromatic carbocycles. The number of aromatic nitrogens is 2. The maximum Gasteiger partial charge on any atom is 0.415 e. The van der Waals surface area contributed by atoms with Crippen molar-refractivity contribution < 1.29 is 27.5 Å². The Morgan fingerprint density at radius 2 is 1.85 bits per heavy atom. The Kier molecular flexibility index (Phi) is 4.84. The van der Waals surface area contributed by atoms with Gasteiger partial charge in [0.05, 0.1) is 42.2 Å². The van der Waals surface area contributed by atoms with Crippen LogP contribution in [0.3, 0.4) is 0 Å².